The second-order valence-corrected chi connectivity index (χ2v) is 8.30. The Morgan fingerprint density at radius 1 is 1.28 bits per heavy atom. The molecule has 1 aliphatic heterocycles. The number of ketones is 1. The van der Waals surface area contributed by atoms with Crippen molar-refractivity contribution in [3.63, 3.8) is 0 Å². The van der Waals surface area contributed by atoms with Gasteiger partial charge in [-0.05, 0) is 81.7 Å². The van der Waals surface area contributed by atoms with Crippen molar-refractivity contribution in [3.05, 3.63) is 35.2 Å². The van der Waals surface area contributed by atoms with E-state index in [9.17, 15) is 13.6 Å². The van der Waals surface area contributed by atoms with Gasteiger partial charge in [0.05, 0.1) is 6.61 Å². The number of carbonyl (C=O) groups is 1. The van der Waals surface area contributed by atoms with Crippen molar-refractivity contribution in [1.82, 2.24) is 10.1 Å². The summed E-state index contributed by atoms with van der Waals surface area (Å²) in [5, 5.41) is 3.32. The highest BCUT2D eigenvalue weighted by molar-refractivity contribution is 5.97. The molecule has 1 saturated heterocycles. The molecule has 1 aliphatic rings. The molecular formula is C23H32F2N4O3. The van der Waals surface area contributed by atoms with Gasteiger partial charge in [-0.2, -0.15) is 4.98 Å². The van der Waals surface area contributed by atoms with Crippen molar-refractivity contribution in [2.45, 2.75) is 58.3 Å². The molecule has 7 nitrogen and oxygen atoms in total. The van der Waals surface area contributed by atoms with Gasteiger partial charge >= 0.3 is 12.4 Å². The number of alkyl halides is 2. The van der Waals surface area contributed by atoms with Crippen LogP contribution in [0.2, 0.25) is 0 Å². The second kappa shape index (κ2) is 11.9. The molecule has 2 heterocycles. The minimum absolute atomic E-state index is 0.153. The Morgan fingerprint density at radius 3 is 2.72 bits per heavy atom. The Kier molecular flexibility index (Phi) is 8.96. The maximum absolute atomic E-state index is 12.6. The van der Waals surface area contributed by atoms with Crippen molar-refractivity contribution in [1.29, 1.82) is 0 Å². The molecule has 2 aromatic rings. The number of anilines is 1. The monoisotopic (exact) mass is 450 g/mol. The van der Waals surface area contributed by atoms with Gasteiger partial charge < -0.3 is 19.9 Å². The Hall–Kier alpha value is -2.55. The lowest BCUT2D eigenvalue weighted by atomic mass is 9.92. The number of unbranched alkanes of at least 4 members (excludes halogenated alkanes) is 1. The summed E-state index contributed by atoms with van der Waals surface area (Å²) in [6, 6.07) is 5.81. The van der Waals surface area contributed by atoms with Crippen LogP contribution in [0.5, 0.6) is 5.75 Å². The molecule has 32 heavy (non-hydrogen) atoms. The molecule has 176 valence electrons. The molecule has 0 atom stereocenters. The molecule has 3 rings (SSSR count). The number of carbonyl (C=O) groups excluding carboxylic acids is 1. The smallest absolute Gasteiger partial charge is 0.324 e. The van der Waals surface area contributed by atoms with E-state index in [2.05, 4.69) is 10.1 Å². The Balaban J connectivity index is 1.36. The third-order valence-corrected chi connectivity index (χ3v) is 5.89. The zero-order valence-corrected chi connectivity index (χ0v) is 18.6. The summed E-state index contributed by atoms with van der Waals surface area (Å²) in [6.45, 7) is 4.60. The largest absolute Gasteiger partial charge is 0.494 e. The highest BCUT2D eigenvalue weighted by Crippen LogP contribution is 2.27. The van der Waals surface area contributed by atoms with Gasteiger partial charge in [0, 0.05) is 25.1 Å². The first-order chi connectivity index (χ1) is 15.5. The van der Waals surface area contributed by atoms with Gasteiger partial charge in [-0.25, -0.2) is 8.78 Å². The van der Waals surface area contributed by atoms with E-state index in [0.717, 1.165) is 68.5 Å². The van der Waals surface area contributed by atoms with Crippen molar-refractivity contribution < 1.29 is 22.8 Å². The quantitative estimate of drug-likeness (QED) is 0.370. The zero-order chi connectivity index (χ0) is 22.9. The number of Topliss-reactive ketones (excluding diaryl/α,β-unsaturated/α-hetero) is 1. The summed E-state index contributed by atoms with van der Waals surface area (Å²) in [5.41, 5.74) is 7.17. The van der Waals surface area contributed by atoms with Gasteiger partial charge in [0.1, 0.15) is 5.75 Å². The first-order valence-corrected chi connectivity index (χ1v) is 11.3. The predicted octanol–water partition coefficient (Wildman–Crippen LogP) is 4.70. The van der Waals surface area contributed by atoms with Crippen LogP contribution in [-0.2, 0) is 0 Å². The summed E-state index contributed by atoms with van der Waals surface area (Å²) in [4.78, 5) is 17.9. The Bertz CT molecular complexity index is 867. The van der Waals surface area contributed by atoms with Crippen LogP contribution < -0.4 is 15.4 Å². The Morgan fingerprint density at radius 2 is 2.06 bits per heavy atom. The summed E-state index contributed by atoms with van der Waals surface area (Å²) in [7, 11) is 0. The SMILES string of the molecule is Cc1cc(OCCCC2CCN(c3nc(C(F)F)no3)CC2)ccc1C(=O)CCCCN. The van der Waals surface area contributed by atoms with Gasteiger partial charge in [-0.1, -0.05) is 5.16 Å². The van der Waals surface area contributed by atoms with Crippen LogP contribution in [0.3, 0.4) is 0 Å². The van der Waals surface area contributed by atoms with Crippen molar-refractivity contribution in [2.75, 3.05) is 31.1 Å². The minimum atomic E-state index is -2.72. The lowest BCUT2D eigenvalue weighted by Crippen LogP contribution is -2.34. The second-order valence-electron chi connectivity index (χ2n) is 8.30. The van der Waals surface area contributed by atoms with Gasteiger partial charge in [0.2, 0.25) is 5.82 Å². The average Bonchev–Trinajstić information content (AvgIpc) is 3.28. The van der Waals surface area contributed by atoms with Gasteiger partial charge in [0.25, 0.3) is 0 Å². The molecule has 0 aliphatic carbocycles. The van der Waals surface area contributed by atoms with E-state index in [-0.39, 0.29) is 11.8 Å². The van der Waals surface area contributed by atoms with Crippen molar-refractivity contribution in [3.8, 4) is 5.75 Å². The van der Waals surface area contributed by atoms with Crippen LogP contribution >= 0.6 is 0 Å². The van der Waals surface area contributed by atoms with Crippen LogP contribution in [0.4, 0.5) is 14.8 Å². The fourth-order valence-electron chi connectivity index (χ4n) is 4.02. The molecule has 0 unspecified atom stereocenters. The predicted molar refractivity (Wildman–Crippen MR) is 117 cm³/mol. The summed E-state index contributed by atoms with van der Waals surface area (Å²) < 4.78 is 36.0. The summed E-state index contributed by atoms with van der Waals surface area (Å²) in [5.74, 6) is 0.933. The third kappa shape index (κ3) is 6.72. The number of benzene rings is 1. The maximum Gasteiger partial charge on any atom is 0.324 e. The van der Waals surface area contributed by atoms with E-state index in [4.69, 9.17) is 15.0 Å². The zero-order valence-electron chi connectivity index (χ0n) is 18.6. The van der Waals surface area contributed by atoms with Crippen molar-refractivity contribution >= 4 is 11.8 Å². The third-order valence-electron chi connectivity index (χ3n) is 5.89. The molecule has 0 radical (unpaired) electrons. The van der Waals surface area contributed by atoms with Crippen LogP contribution in [0.1, 0.15) is 73.1 Å². The van der Waals surface area contributed by atoms with Crippen LogP contribution in [0.15, 0.2) is 22.7 Å². The fourth-order valence-corrected chi connectivity index (χ4v) is 4.02. The number of nitrogens with zero attached hydrogens (tertiary/aromatic N) is 3. The Labute approximate surface area is 187 Å². The van der Waals surface area contributed by atoms with Gasteiger partial charge in [0.15, 0.2) is 5.78 Å². The molecular weight excluding hydrogens is 418 g/mol. The number of nitrogens with two attached hydrogens (primary N) is 1. The van der Waals surface area contributed by atoms with E-state index in [1.165, 1.54) is 0 Å². The van der Waals surface area contributed by atoms with E-state index in [1.807, 2.05) is 30.0 Å². The molecule has 1 aromatic heterocycles. The van der Waals surface area contributed by atoms with Crippen LogP contribution in [0.25, 0.3) is 0 Å². The fraction of sp³-hybridized carbons (Fsp3) is 0.609. The van der Waals surface area contributed by atoms with Crippen molar-refractivity contribution in [2.24, 2.45) is 11.7 Å². The van der Waals surface area contributed by atoms with Crippen LogP contribution in [-0.4, -0.2) is 42.2 Å². The molecule has 1 aromatic carbocycles. The van der Waals surface area contributed by atoms with Gasteiger partial charge in [-0.3, -0.25) is 4.79 Å². The number of piperidine rings is 1. The van der Waals surface area contributed by atoms with E-state index >= 15 is 0 Å². The average molecular weight is 451 g/mol. The number of aromatic nitrogens is 2. The minimum Gasteiger partial charge on any atom is -0.494 e. The maximum atomic E-state index is 12.6. The molecule has 9 heteroatoms. The van der Waals surface area contributed by atoms with Crippen LogP contribution in [0, 0.1) is 12.8 Å². The number of aryl methyl sites for hydroxylation is 1. The molecule has 0 amide bonds. The number of rotatable bonds is 12. The molecule has 1 fully saturated rings. The number of halogens is 2. The number of ether oxygens (including phenoxy) is 1. The summed E-state index contributed by atoms with van der Waals surface area (Å²) in [6.07, 6.45) is 3.36. The van der Waals surface area contributed by atoms with Gasteiger partial charge in [-0.15, -0.1) is 0 Å². The van der Waals surface area contributed by atoms with E-state index in [0.29, 0.717) is 25.5 Å². The first kappa shape index (κ1) is 24.1. The molecule has 0 spiro atoms. The topological polar surface area (TPSA) is 94.5 Å². The van der Waals surface area contributed by atoms with E-state index in [1.54, 1.807) is 0 Å². The molecule has 2 N–H and O–H groups in total. The number of hydrogen-bond acceptors (Lipinski definition) is 7. The number of hydrogen-bond donors (Lipinski definition) is 1. The highest BCUT2D eigenvalue weighted by atomic mass is 19.3. The summed E-state index contributed by atoms with van der Waals surface area (Å²) >= 11 is 0. The standard InChI is InChI=1S/C23H32F2N4O3/c1-16-15-18(7-8-19(16)20(30)6-2-3-11-26)31-14-4-5-17-9-12-29(13-10-17)23-27-22(21(24)25)28-32-23/h7-8,15,17,21H,2-6,9-14,26H2,1H3. The molecule has 0 saturated carbocycles. The van der Waals surface area contributed by atoms with E-state index < -0.39 is 12.2 Å². The lowest BCUT2D eigenvalue weighted by molar-refractivity contribution is 0.0979. The first-order valence-electron chi connectivity index (χ1n) is 11.3. The lowest BCUT2D eigenvalue weighted by Gasteiger charge is -2.30. The molecule has 0 bridgehead atoms. The highest BCUT2D eigenvalue weighted by Gasteiger charge is 2.24. The normalized spacial score (nSPS) is 14.8.